The molecule has 0 saturated heterocycles. The monoisotopic (exact) mass is 251 g/mol. The summed E-state index contributed by atoms with van der Waals surface area (Å²) in [6.07, 6.45) is 0. The average molecular weight is 252 g/mol. The summed E-state index contributed by atoms with van der Waals surface area (Å²) in [4.78, 5) is 0. The lowest BCUT2D eigenvalue weighted by atomic mass is 10.2. The molecule has 0 aliphatic rings. The highest BCUT2D eigenvalue weighted by Gasteiger charge is 2.17. The van der Waals surface area contributed by atoms with Crippen LogP contribution in [0.2, 0.25) is 0 Å². The van der Waals surface area contributed by atoms with Gasteiger partial charge in [0.25, 0.3) is 0 Å². The van der Waals surface area contributed by atoms with Gasteiger partial charge in [0.1, 0.15) is 11.0 Å². The summed E-state index contributed by atoms with van der Waals surface area (Å²) >= 11 is 5.27. The second kappa shape index (κ2) is 4.92. The third-order valence-corrected chi connectivity index (χ3v) is 4.15. The molecule has 0 saturated carbocycles. The SMILES string of the molecule is CN(Cc1ccccc1F)S(=O)(=O)CCl. The van der Waals surface area contributed by atoms with Crippen LogP contribution in [0, 0.1) is 5.82 Å². The molecule has 0 bridgehead atoms. The molecule has 3 nitrogen and oxygen atoms in total. The Morgan fingerprint density at radius 3 is 2.53 bits per heavy atom. The van der Waals surface area contributed by atoms with Crippen LogP contribution in [0.1, 0.15) is 5.56 Å². The molecule has 0 aromatic heterocycles. The summed E-state index contributed by atoms with van der Waals surface area (Å²) in [5, 5.41) is -0.502. The van der Waals surface area contributed by atoms with Gasteiger partial charge in [-0.25, -0.2) is 12.8 Å². The van der Waals surface area contributed by atoms with Gasteiger partial charge in [0, 0.05) is 19.2 Å². The Kier molecular flexibility index (Phi) is 4.07. The molecule has 15 heavy (non-hydrogen) atoms. The normalized spacial score (nSPS) is 12.0. The zero-order valence-corrected chi connectivity index (χ0v) is 9.72. The standard InChI is InChI=1S/C9H11ClFNO2S/c1-12(15(13,14)7-10)6-8-4-2-3-5-9(8)11/h2-5H,6-7H2,1H3. The molecule has 6 heteroatoms. The van der Waals surface area contributed by atoms with E-state index in [4.69, 9.17) is 11.6 Å². The fourth-order valence-corrected chi connectivity index (χ4v) is 2.05. The second-order valence-electron chi connectivity index (χ2n) is 3.07. The zero-order chi connectivity index (χ0) is 11.5. The molecule has 0 fully saturated rings. The van der Waals surface area contributed by atoms with Crippen LogP contribution in [0.15, 0.2) is 24.3 Å². The summed E-state index contributed by atoms with van der Waals surface area (Å²) in [5.41, 5.74) is 0.327. The first-order valence-corrected chi connectivity index (χ1v) is 6.35. The van der Waals surface area contributed by atoms with Crippen molar-refractivity contribution in [1.82, 2.24) is 4.31 Å². The molecule has 0 atom stereocenters. The second-order valence-corrected chi connectivity index (χ2v) is 5.73. The zero-order valence-electron chi connectivity index (χ0n) is 8.15. The first kappa shape index (κ1) is 12.4. The van der Waals surface area contributed by atoms with Gasteiger partial charge in [-0.05, 0) is 6.07 Å². The first-order valence-electron chi connectivity index (χ1n) is 4.21. The lowest BCUT2D eigenvalue weighted by molar-refractivity contribution is 0.460. The van der Waals surface area contributed by atoms with Crippen LogP contribution in [-0.2, 0) is 16.6 Å². The fraction of sp³-hybridized carbons (Fsp3) is 0.333. The highest BCUT2D eigenvalue weighted by molar-refractivity contribution is 7.90. The van der Waals surface area contributed by atoms with E-state index < -0.39 is 21.1 Å². The molecule has 84 valence electrons. The third kappa shape index (κ3) is 3.15. The predicted octanol–water partition coefficient (Wildman–Crippen LogP) is 1.78. The van der Waals surface area contributed by atoms with Gasteiger partial charge in [0.05, 0.1) is 0 Å². The van der Waals surface area contributed by atoms with Crippen molar-refractivity contribution in [2.24, 2.45) is 0 Å². The van der Waals surface area contributed by atoms with Crippen LogP contribution >= 0.6 is 11.6 Å². The highest BCUT2D eigenvalue weighted by atomic mass is 35.5. The van der Waals surface area contributed by atoms with Crippen molar-refractivity contribution < 1.29 is 12.8 Å². The van der Waals surface area contributed by atoms with Gasteiger partial charge in [0.15, 0.2) is 0 Å². The predicted molar refractivity (Wildman–Crippen MR) is 57.5 cm³/mol. The Bertz CT molecular complexity index is 435. The summed E-state index contributed by atoms with van der Waals surface area (Å²) in [6.45, 7) is -0.0122. The number of nitrogens with zero attached hydrogens (tertiary/aromatic N) is 1. The van der Waals surface area contributed by atoms with Gasteiger partial charge in [-0.3, -0.25) is 0 Å². The van der Waals surface area contributed by atoms with Gasteiger partial charge in [0.2, 0.25) is 10.0 Å². The van der Waals surface area contributed by atoms with Gasteiger partial charge >= 0.3 is 0 Å². The van der Waals surface area contributed by atoms with E-state index in [1.165, 1.54) is 19.2 Å². The summed E-state index contributed by atoms with van der Waals surface area (Å²) < 4.78 is 36.8. The van der Waals surface area contributed by atoms with E-state index in [1.807, 2.05) is 0 Å². The lowest BCUT2D eigenvalue weighted by Crippen LogP contribution is -2.27. The minimum Gasteiger partial charge on any atom is -0.211 e. The van der Waals surface area contributed by atoms with Crippen molar-refractivity contribution >= 4 is 21.6 Å². The van der Waals surface area contributed by atoms with Crippen molar-refractivity contribution in [1.29, 1.82) is 0 Å². The number of hydrogen-bond donors (Lipinski definition) is 0. The minimum atomic E-state index is -3.48. The van der Waals surface area contributed by atoms with Crippen molar-refractivity contribution in [3.8, 4) is 0 Å². The van der Waals surface area contributed by atoms with Crippen LogP contribution in [0.25, 0.3) is 0 Å². The molecule has 0 aliphatic carbocycles. The van der Waals surface area contributed by atoms with Crippen LogP contribution in [0.4, 0.5) is 4.39 Å². The minimum absolute atomic E-state index is 0.0122. The quantitative estimate of drug-likeness (QED) is 0.765. The van der Waals surface area contributed by atoms with E-state index >= 15 is 0 Å². The van der Waals surface area contributed by atoms with Crippen LogP contribution in [0.3, 0.4) is 0 Å². The maximum atomic E-state index is 13.2. The van der Waals surface area contributed by atoms with E-state index in [9.17, 15) is 12.8 Å². The number of sulfonamides is 1. The van der Waals surface area contributed by atoms with Crippen LogP contribution in [0.5, 0.6) is 0 Å². The maximum Gasteiger partial charge on any atom is 0.228 e. The molecule has 1 rings (SSSR count). The van der Waals surface area contributed by atoms with Crippen LogP contribution < -0.4 is 0 Å². The molecule has 0 aliphatic heterocycles. The van der Waals surface area contributed by atoms with Crippen molar-refractivity contribution in [3.05, 3.63) is 35.6 Å². The third-order valence-electron chi connectivity index (χ3n) is 1.96. The Labute approximate surface area is 93.5 Å². The summed E-state index contributed by atoms with van der Waals surface area (Å²) in [7, 11) is -2.12. The molecule has 0 spiro atoms. The number of rotatable bonds is 4. The Morgan fingerprint density at radius 2 is 2.00 bits per heavy atom. The van der Waals surface area contributed by atoms with Gasteiger partial charge in [-0.1, -0.05) is 18.2 Å². The van der Waals surface area contributed by atoms with E-state index in [2.05, 4.69) is 0 Å². The van der Waals surface area contributed by atoms with Crippen molar-refractivity contribution in [2.45, 2.75) is 6.54 Å². The molecule has 0 N–H and O–H groups in total. The van der Waals surface area contributed by atoms with E-state index in [1.54, 1.807) is 12.1 Å². The maximum absolute atomic E-state index is 13.2. The fourth-order valence-electron chi connectivity index (χ4n) is 1.05. The molecular formula is C9H11ClFNO2S. The average Bonchev–Trinajstić information content (AvgIpc) is 2.21. The molecule has 0 unspecified atom stereocenters. The van der Waals surface area contributed by atoms with Gasteiger partial charge in [-0.2, -0.15) is 4.31 Å². The molecule has 0 radical (unpaired) electrons. The molecule has 0 amide bonds. The van der Waals surface area contributed by atoms with Gasteiger partial charge < -0.3 is 0 Å². The van der Waals surface area contributed by atoms with Gasteiger partial charge in [-0.15, -0.1) is 11.6 Å². The Morgan fingerprint density at radius 1 is 1.40 bits per heavy atom. The molecule has 1 aromatic rings. The molecule has 1 aromatic carbocycles. The van der Waals surface area contributed by atoms with Crippen molar-refractivity contribution in [2.75, 3.05) is 12.3 Å². The number of hydrogen-bond acceptors (Lipinski definition) is 2. The highest BCUT2D eigenvalue weighted by Crippen LogP contribution is 2.11. The Balaban J connectivity index is 2.84. The van der Waals surface area contributed by atoms with Crippen LogP contribution in [-0.4, -0.2) is 25.0 Å². The smallest absolute Gasteiger partial charge is 0.211 e. The Hall–Kier alpha value is -0.650. The topological polar surface area (TPSA) is 37.4 Å². The summed E-state index contributed by atoms with van der Waals surface area (Å²) in [5.74, 6) is -0.422. The van der Waals surface area contributed by atoms with Crippen molar-refractivity contribution in [3.63, 3.8) is 0 Å². The first-order chi connectivity index (χ1) is 6.97. The summed E-state index contributed by atoms with van der Waals surface area (Å²) in [6, 6.07) is 6.03. The number of halogens is 2. The van der Waals surface area contributed by atoms with E-state index in [-0.39, 0.29) is 6.54 Å². The lowest BCUT2D eigenvalue weighted by Gasteiger charge is -2.15. The molecule has 0 heterocycles. The number of benzene rings is 1. The largest absolute Gasteiger partial charge is 0.228 e. The van der Waals surface area contributed by atoms with E-state index in [0.29, 0.717) is 5.56 Å². The van der Waals surface area contributed by atoms with E-state index in [0.717, 1.165) is 4.31 Å². The number of alkyl halides is 1. The molecular weight excluding hydrogens is 241 g/mol.